The van der Waals surface area contributed by atoms with Crippen LogP contribution in [0.25, 0.3) is 0 Å². The van der Waals surface area contributed by atoms with Gasteiger partial charge < -0.3 is 36.8 Å². The summed E-state index contributed by atoms with van der Waals surface area (Å²) < 4.78 is 5.78. The molecule has 0 saturated heterocycles. The van der Waals surface area contributed by atoms with Gasteiger partial charge in [0.25, 0.3) is 0 Å². The van der Waals surface area contributed by atoms with Gasteiger partial charge in [0, 0.05) is 34.8 Å². The average Bonchev–Trinajstić information content (AvgIpc) is 0.734. The van der Waals surface area contributed by atoms with Crippen LogP contribution in [0.1, 0.15) is 283 Å². The first-order valence-corrected chi connectivity index (χ1v) is 44.9. The SMILES string of the molecule is C.CC1(OC(=O)CBr)C2CC3CC(C2)CC1C3.Cc1cc(C(c2cc(C)c(O)cc2C)c2cc(Cc3ccc(O)c(C(c4cc(C)c(O)cc4C)c4cc(C)c(O)cc4C)c3)ccc2O)c(C)cc1O.Cc1cc(C)c(C(c2cc(Cc3ccc(C)c(C(c4cc(C)c(C)cc4C)c4cc(C)c(C)cc4C)c3)ccc2C)c2cc(C)c(C)cc2C)cc1C.[H-].[Na+]. The molecule has 0 radical (unpaired) electrons. The second-order valence-corrected chi connectivity index (χ2v) is 38.1. The van der Waals surface area contributed by atoms with Crippen molar-refractivity contribution in [1.29, 1.82) is 0 Å². The number of phenolic OH excluding ortho intramolecular Hbond substituents is 6. The number of benzene rings is 12. The Morgan fingerprint density at radius 3 is 0.758 bits per heavy atom. The summed E-state index contributed by atoms with van der Waals surface area (Å²) in [6.07, 6.45) is 7.99. The standard InChI is InChI=1S/C53H60.C47H48O6.C13H19BrO2.CH4.Na.H/c1-30-15-17-44(28-50(30)52(46-23-36(7)32(3)19-40(46)11)47-24-37(8)33(4)20-41(47)12)27-45-18-16-31(2)51(29-45)53(48-25-38(9)34(5)21-42(48)13)49-26-39(10)35(6)22-43(49)14;1-24-17-42(50)28(5)13-34(24)46(35-14-29(6)43(51)18-25(35)2)38-22-32(9-11-40(38)48)21-33-10-12-41(49)39(23-33)47(36-15-30(7)44(52)19-26(36)3)37-16-31(8)45(53)20-27(37)4;1-13(16-12(15)7-14)10-3-8-2-9(5-10)6-11(13)4-8;;;/h15-26,28-29,52-53H,27H2,1-14H3;9-20,22-23,46-53H,21H2,1-8H3;8-11H,2-7H2,1H3;1H4;;/q;;;;+1;-1. The number of hydrogen-bond donors (Lipinski definition) is 6. The van der Waals surface area contributed by atoms with Crippen molar-refractivity contribution in [2.24, 2.45) is 23.7 Å². The van der Waals surface area contributed by atoms with Crippen LogP contribution in [0.15, 0.2) is 170 Å². The topological polar surface area (TPSA) is 148 Å². The zero-order valence-corrected chi connectivity index (χ0v) is 80.9. The number of alkyl halides is 1. The van der Waals surface area contributed by atoms with Crippen molar-refractivity contribution in [3.63, 3.8) is 0 Å². The van der Waals surface area contributed by atoms with E-state index in [2.05, 4.69) is 205 Å². The molecule has 16 rings (SSSR count). The van der Waals surface area contributed by atoms with Gasteiger partial charge in [0.2, 0.25) is 0 Å². The van der Waals surface area contributed by atoms with Crippen molar-refractivity contribution in [3.05, 3.63) is 381 Å². The second-order valence-electron chi connectivity index (χ2n) is 37.5. The van der Waals surface area contributed by atoms with Gasteiger partial charge in [-0.25, -0.2) is 0 Å². The van der Waals surface area contributed by atoms with Crippen molar-refractivity contribution in [3.8, 4) is 34.5 Å². The van der Waals surface area contributed by atoms with Crippen LogP contribution < -0.4 is 29.6 Å². The Labute approximate surface area is 772 Å². The Hall–Kier alpha value is -9.61. The molecule has 4 bridgehead atoms. The summed E-state index contributed by atoms with van der Waals surface area (Å²) in [6, 6.07) is 60.0. The number of rotatable bonds is 18. The Morgan fingerprint density at radius 2 is 0.500 bits per heavy atom. The molecule has 0 spiro atoms. The van der Waals surface area contributed by atoms with Crippen molar-refractivity contribution < 1.29 is 71.2 Å². The quantitative estimate of drug-likeness (QED) is 0.0215. The van der Waals surface area contributed by atoms with Crippen LogP contribution in [0.5, 0.6) is 34.5 Å². The zero-order chi connectivity index (χ0) is 88.3. The van der Waals surface area contributed by atoms with Gasteiger partial charge in [0.1, 0.15) is 45.4 Å². The van der Waals surface area contributed by atoms with E-state index in [-0.39, 0.29) is 96.3 Å². The van der Waals surface area contributed by atoms with Crippen molar-refractivity contribution in [2.45, 2.75) is 241 Å². The predicted octanol–water partition coefficient (Wildman–Crippen LogP) is 25.2. The smallest absolute Gasteiger partial charge is 1.00 e. The molecule has 4 aliphatic rings. The minimum atomic E-state index is -0.394. The molecule has 644 valence electrons. The average molecular weight is 1730 g/mol. The van der Waals surface area contributed by atoms with Crippen LogP contribution in [-0.4, -0.2) is 47.5 Å². The maximum Gasteiger partial charge on any atom is 1.00 e. The van der Waals surface area contributed by atoms with Gasteiger partial charge in [0.15, 0.2) is 0 Å². The van der Waals surface area contributed by atoms with Gasteiger partial charge in [-0.1, -0.05) is 157 Å². The van der Waals surface area contributed by atoms with E-state index < -0.39 is 11.8 Å². The molecule has 0 aromatic heterocycles. The third-order valence-corrected chi connectivity index (χ3v) is 28.9. The van der Waals surface area contributed by atoms with E-state index in [0.29, 0.717) is 34.7 Å². The molecule has 8 nitrogen and oxygen atoms in total. The molecule has 0 heterocycles. The number of carbonyl (C=O) groups excluding carboxylic acids is 1. The van der Waals surface area contributed by atoms with E-state index in [4.69, 9.17) is 4.74 Å². The molecular weight excluding hydrogens is 1600 g/mol. The first kappa shape index (κ1) is 95.1. The van der Waals surface area contributed by atoms with Gasteiger partial charge in [-0.05, 0) is 465 Å². The molecule has 10 heteroatoms. The third-order valence-electron chi connectivity index (χ3n) is 28.5. The number of esters is 1. The molecule has 6 N–H and O–H groups in total. The summed E-state index contributed by atoms with van der Waals surface area (Å²) in [5.41, 5.74) is 43.4. The van der Waals surface area contributed by atoms with Gasteiger partial charge in [-0.15, -0.1) is 0 Å². The Kier molecular flexibility index (Phi) is 29.7. The molecule has 0 aliphatic heterocycles. The fourth-order valence-electron chi connectivity index (χ4n) is 20.9. The fraction of sp³-hybridized carbons (Fsp3) is 0.360. The number of halogens is 1. The van der Waals surface area contributed by atoms with Gasteiger partial charge in [-0.3, -0.25) is 4.79 Å². The minimum absolute atomic E-state index is 0. The van der Waals surface area contributed by atoms with Crippen LogP contribution in [0.4, 0.5) is 0 Å². The Bertz CT molecular complexity index is 5140. The first-order valence-electron chi connectivity index (χ1n) is 43.8. The first-order chi connectivity index (χ1) is 57.7. The summed E-state index contributed by atoms with van der Waals surface area (Å²) in [5, 5.41) is 65.4. The number of aromatic hydroxyl groups is 6. The molecule has 0 unspecified atom stereocenters. The zero-order valence-electron chi connectivity index (χ0n) is 78.3. The molecular formula is C114H132BrNaO8. The van der Waals surface area contributed by atoms with E-state index in [1.807, 2.05) is 104 Å². The molecule has 4 aliphatic carbocycles. The number of aryl methyl sites for hydroxylation is 22. The summed E-state index contributed by atoms with van der Waals surface area (Å²) >= 11 is 3.19. The largest absolute Gasteiger partial charge is 1.00 e. The van der Waals surface area contributed by atoms with E-state index >= 15 is 0 Å². The van der Waals surface area contributed by atoms with Crippen LogP contribution in [0.3, 0.4) is 0 Å². The van der Waals surface area contributed by atoms with Crippen LogP contribution >= 0.6 is 15.9 Å². The van der Waals surface area contributed by atoms with Gasteiger partial charge in [-0.2, -0.15) is 0 Å². The molecule has 124 heavy (non-hydrogen) atoms. The number of hydrogen-bond acceptors (Lipinski definition) is 8. The fourth-order valence-corrected chi connectivity index (χ4v) is 21.0. The van der Waals surface area contributed by atoms with E-state index in [9.17, 15) is 35.4 Å². The van der Waals surface area contributed by atoms with Crippen LogP contribution in [-0.2, 0) is 22.4 Å². The van der Waals surface area contributed by atoms with Crippen molar-refractivity contribution >= 4 is 21.9 Å². The summed E-state index contributed by atoms with van der Waals surface area (Å²) in [5.74, 6) is 3.66. The third kappa shape index (κ3) is 19.8. The molecule has 0 amide bonds. The van der Waals surface area contributed by atoms with Crippen LogP contribution in [0, 0.1) is 176 Å². The molecule has 0 atom stereocenters. The predicted molar refractivity (Wildman–Crippen MR) is 514 cm³/mol. The molecule has 12 aromatic carbocycles. The van der Waals surface area contributed by atoms with E-state index in [1.54, 1.807) is 36.4 Å². The van der Waals surface area contributed by atoms with E-state index in [1.165, 1.54) is 155 Å². The summed E-state index contributed by atoms with van der Waals surface area (Å²) in [6.45, 7) is 49.2. The summed E-state index contributed by atoms with van der Waals surface area (Å²) in [7, 11) is 0. The normalized spacial score (nSPS) is 16.3. The number of carbonyl (C=O) groups is 1. The molecule has 4 saturated carbocycles. The van der Waals surface area contributed by atoms with Gasteiger partial charge >= 0.3 is 35.5 Å². The van der Waals surface area contributed by atoms with Crippen molar-refractivity contribution in [2.75, 3.05) is 5.33 Å². The Morgan fingerprint density at radius 1 is 0.290 bits per heavy atom. The van der Waals surface area contributed by atoms with Crippen molar-refractivity contribution in [1.82, 2.24) is 0 Å². The number of phenols is 6. The van der Waals surface area contributed by atoms with E-state index in [0.717, 1.165) is 96.1 Å². The molecule has 12 aromatic rings. The maximum atomic E-state index is 11.5. The summed E-state index contributed by atoms with van der Waals surface area (Å²) in [4.78, 5) is 11.5. The minimum Gasteiger partial charge on any atom is -1.00 e. The monoisotopic (exact) mass is 1730 g/mol. The Balaban J connectivity index is 0.000000216. The van der Waals surface area contributed by atoms with Crippen LogP contribution in [0.2, 0.25) is 0 Å². The number of ether oxygens (including phenoxy) is 1. The molecule has 4 fully saturated rings. The van der Waals surface area contributed by atoms with Gasteiger partial charge in [0.05, 0.1) is 0 Å². The maximum absolute atomic E-state index is 11.5. The second kappa shape index (κ2) is 38.7.